The van der Waals surface area contributed by atoms with Crippen LogP contribution in [-0.4, -0.2) is 20.1 Å². The number of anilines is 1. The molecule has 0 saturated heterocycles. The van der Waals surface area contributed by atoms with Crippen LogP contribution >= 0.6 is 0 Å². The quantitative estimate of drug-likeness (QED) is 0.819. The molecule has 0 amide bonds. The number of hydrogen-bond acceptors (Lipinski definition) is 5. The molecule has 0 unspecified atom stereocenters. The molecule has 6 nitrogen and oxygen atoms in total. The molecule has 0 bridgehead atoms. The summed E-state index contributed by atoms with van der Waals surface area (Å²) in [5, 5.41) is 6.84. The summed E-state index contributed by atoms with van der Waals surface area (Å²) < 4.78 is 32.3. The van der Waals surface area contributed by atoms with Crippen molar-refractivity contribution in [2.24, 2.45) is 0 Å². The number of nitrogens with zero attached hydrogens (tertiary/aromatic N) is 1. The highest BCUT2D eigenvalue weighted by molar-refractivity contribution is 7.89. The van der Waals surface area contributed by atoms with Crippen molar-refractivity contribution in [3.8, 4) is 0 Å². The minimum Gasteiger partial charge on any atom is -0.384 e. The minimum atomic E-state index is -3.61. The van der Waals surface area contributed by atoms with E-state index in [2.05, 4.69) is 15.2 Å². The van der Waals surface area contributed by atoms with Gasteiger partial charge in [-0.3, -0.25) is 0 Å². The molecular weight excluding hydrogens is 290 g/mol. The van der Waals surface area contributed by atoms with Crippen LogP contribution in [0.15, 0.2) is 39.8 Å². The van der Waals surface area contributed by atoms with E-state index in [1.54, 1.807) is 37.3 Å². The van der Waals surface area contributed by atoms with Gasteiger partial charge in [-0.25, -0.2) is 13.1 Å². The molecule has 0 aliphatic carbocycles. The molecule has 0 atom stereocenters. The van der Waals surface area contributed by atoms with Gasteiger partial charge in [-0.1, -0.05) is 24.2 Å². The average Bonchev–Trinajstić information content (AvgIpc) is 2.89. The van der Waals surface area contributed by atoms with E-state index < -0.39 is 10.0 Å². The van der Waals surface area contributed by atoms with Crippen molar-refractivity contribution >= 4 is 15.7 Å². The monoisotopic (exact) mass is 309 g/mol. The first-order valence-corrected chi connectivity index (χ1v) is 8.26. The molecule has 7 heteroatoms. The van der Waals surface area contributed by atoms with Crippen LogP contribution < -0.4 is 10.0 Å². The van der Waals surface area contributed by atoms with Gasteiger partial charge in [0.05, 0.1) is 17.9 Å². The maximum atomic E-state index is 12.4. The van der Waals surface area contributed by atoms with Gasteiger partial charge in [-0.15, -0.1) is 0 Å². The van der Waals surface area contributed by atoms with Gasteiger partial charge >= 0.3 is 0 Å². The first-order valence-electron chi connectivity index (χ1n) is 6.77. The lowest BCUT2D eigenvalue weighted by Gasteiger charge is -2.12. The zero-order valence-corrected chi connectivity index (χ0v) is 12.9. The Balaban J connectivity index is 2.15. The molecule has 1 aromatic heterocycles. The van der Waals surface area contributed by atoms with E-state index in [4.69, 9.17) is 4.52 Å². The van der Waals surface area contributed by atoms with Crippen molar-refractivity contribution in [2.75, 3.05) is 11.9 Å². The van der Waals surface area contributed by atoms with Crippen LogP contribution in [0, 0.1) is 6.92 Å². The highest BCUT2D eigenvalue weighted by Crippen LogP contribution is 2.20. The lowest BCUT2D eigenvalue weighted by Crippen LogP contribution is -2.24. The Kier molecular flexibility index (Phi) is 4.98. The Morgan fingerprint density at radius 3 is 2.71 bits per heavy atom. The Morgan fingerprint density at radius 1 is 1.29 bits per heavy atom. The summed E-state index contributed by atoms with van der Waals surface area (Å²) in [5.74, 6) is 0.482. The minimum absolute atomic E-state index is 0.0747. The largest absolute Gasteiger partial charge is 0.384 e. The van der Waals surface area contributed by atoms with E-state index >= 15 is 0 Å². The van der Waals surface area contributed by atoms with Crippen LogP contribution in [0.1, 0.15) is 24.8 Å². The maximum absolute atomic E-state index is 12.4. The van der Waals surface area contributed by atoms with Crippen molar-refractivity contribution < 1.29 is 12.9 Å². The number of sulfonamides is 1. The fraction of sp³-hybridized carbons (Fsp3) is 0.357. The van der Waals surface area contributed by atoms with Crippen LogP contribution in [0.4, 0.5) is 5.69 Å². The van der Waals surface area contributed by atoms with Gasteiger partial charge in [-0.2, -0.15) is 0 Å². The third kappa shape index (κ3) is 4.05. The van der Waals surface area contributed by atoms with E-state index in [9.17, 15) is 8.42 Å². The SMILES string of the molecule is CCCNc1ccccc1S(=O)(=O)NCc1cc(C)no1. The van der Waals surface area contributed by atoms with Crippen molar-refractivity contribution in [2.45, 2.75) is 31.7 Å². The van der Waals surface area contributed by atoms with Crippen molar-refractivity contribution in [3.63, 3.8) is 0 Å². The van der Waals surface area contributed by atoms with Gasteiger partial charge in [0.1, 0.15) is 4.90 Å². The molecule has 21 heavy (non-hydrogen) atoms. The van der Waals surface area contributed by atoms with Crippen molar-refractivity contribution in [1.29, 1.82) is 0 Å². The normalized spacial score (nSPS) is 11.5. The predicted molar refractivity (Wildman–Crippen MR) is 80.5 cm³/mol. The molecule has 1 aromatic carbocycles. The van der Waals surface area contributed by atoms with E-state index in [0.29, 0.717) is 23.7 Å². The number of hydrogen-bond donors (Lipinski definition) is 2. The third-order valence-electron chi connectivity index (χ3n) is 2.86. The van der Waals surface area contributed by atoms with Crippen molar-refractivity contribution in [3.05, 3.63) is 41.8 Å². The summed E-state index contributed by atoms with van der Waals surface area (Å²) in [6.07, 6.45) is 0.916. The van der Waals surface area contributed by atoms with Crippen LogP contribution in [-0.2, 0) is 16.6 Å². The van der Waals surface area contributed by atoms with Gasteiger partial charge in [-0.05, 0) is 25.5 Å². The molecular formula is C14H19N3O3S. The molecule has 0 fully saturated rings. The lowest BCUT2D eigenvalue weighted by molar-refractivity contribution is 0.377. The number of benzene rings is 1. The number of aryl methyl sites for hydroxylation is 1. The molecule has 2 aromatic rings. The Morgan fingerprint density at radius 2 is 2.05 bits per heavy atom. The van der Waals surface area contributed by atoms with Crippen molar-refractivity contribution in [1.82, 2.24) is 9.88 Å². The van der Waals surface area contributed by atoms with Gasteiger partial charge in [0, 0.05) is 12.6 Å². The zero-order valence-electron chi connectivity index (χ0n) is 12.1. The van der Waals surface area contributed by atoms with Gasteiger partial charge in [0.15, 0.2) is 5.76 Å². The maximum Gasteiger partial charge on any atom is 0.243 e. The molecule has 0 spiro atoms. The fourth-order valence-electron chi connectivity index (χ4n) is 1.85. The first kappa shape index (κ1) is 15.5. The highest BCUT2D eigenvalue weighted by atomic mass is 32.2. The summed E-state index contributed by atoms with van der Waals surface area (Å²) in [6, 6.07) is 8.53. The van der Waals surface area contributed by atoms with E-state index in [-0.39, 0.29) is 11.4 Å². The molecule has 0 aliphatic rings. The molecule has 114 valence electrons. The van der Waals surface area contributed by atoms with Gasteiger partial charge in [0.2, 0.25) is 10.0 Å². The number of para-hydroxylation sites is 1. The fourth-order valence-corrected chi connectivity index (χ4v) is 3.03. The summed E-state index contributed by atoms with van der Waals surface area (Å²) in [7, 11) is -3.61. The highest BCUT2D eigenvalue weighted by Gasteiger charge is 2.18. The van der Waals surface area contributed by atoms with Crippen LogP contribution in [0.2, 0.25) is 0 Å². The Hall–Kier alpha value is -1.86. The molecule has 2 rings (SSSR count). The van der Waals surface area contributed by atoms with Crippen LogP contribution in [0.3, 0.4) is 0 Å². The molecule has 0 radical (unpaired) electrons. The topological polar surface area (TPSA) is 84.2 Å². The number of nitrogens with one attached hydrogen (secondary N) is 2. The smallest absolute Gasteiger partial charge is 0.243 e. The second-order valence-corrected chi connectivity index (χ2v) is 6.42. The van der Waals surface area contributed by atoms with E-state index in [1.807, 2.05) is 6.92 Å². The summed E-state index contributed by atoms with van der Waals surface area (Å²) >= 11 is 0. The van der Waals surface area contributed by atoms with Gasteiger partial charge in [0.25, 0.3) is 0 Å². The third-order valence-corrected chi connectivity index (χ3v) is 4.31. The molecule has 2 N–H and O–H groups in total. The molecule has 0 saturated carbocycles. The van der Waals surface area contributed by atoms with Gasteiger partial charge < -0.3 is 9.84 Å². The Labute approximate surface area is 124 Å². The first-order chi connectivity index (χ1) is 10.0. The molecule has 1 heterocycles. The second-order valence-electron chi connectivity index (χ2n) is 4.68. The van der Waals surface area contributed by atoms with Crippen LogP contribution in [0.5, 0.6) is 0 Å². The zero-order chi connectivity index (χ0) is 15.3. The summed E-state index contributed by atoms with van der Waals surface area (Å²) in [6.45, 7) is 4.60. The number of rotatable bonds is 7. The second kappa shape index (κ2) is 6.73. The summed E-state index contributed by atoms with van der Waals surface area (Å²) in [4.78, 5) is 0.231. The number of aromatic nitrogens is 1. The Bertz CT molecular complexity index is 695. The molecule has 0 aliphatic heterocycles. The average molecular weight is 309 g/mol. The van der Waals surface area contributed by atoms with E-state index in [1.165, 1.54) is 0 Å². The standard InChI is InChI=1S/C14H19N3O3S/c1-3-8-15-13-6-4-5-7-14(13)21(18,19)16-10-12-9-11(2)17-20-12/h4-7,9,15-16H,3,8,10H2,1-2H3. The van der Waals surface area contributed by atoms with E-state index in [0.717, 1.165) is 6.42 Å². The predicted octanol–water partition coefficient (Wildman–Crippen LogP) is 2.28. The summed E-state index contributed by atoms with van der Waals surface area (Å²) in [5.41, 5.74) is 1.31. The lowest BCUT2D eigenvalue weighted by atomic mass is 10.3. The van der Waals surface area contributed by atoms with Crippen LogP contribution in [0.25, 0.3) is 0 Å².